The fourth-order valence-electron chi connectivity index (χ4n) is 5.76. The van der Waals surface area contributed by atoms with Crippen LogP contribution in [0.5, 0.6) is 0 Å². The van der Waals surface area contributed by atoms with Crippen LogP contribution < -0.4 is 0 Å². The van der Waals surface area contributed by atoms with E-state index in [0.717, 1.165) is 24.3 Å². The molecule has 0 spiro atoms. The van der Waals surface area contributed by atoms with Gasteiger partial charge in [0.15, 0.2) is 9.84 Å². The minimum atomic E-state index is -6.35. The topological polar surface area (TPSA) is 74.7 Å². The Hall–Kier alpha value is -2.74. The van der Waals surface area contributed by atoms with Crippen LogP contribution in [0.1, 0.15) is 43.2 Å². The molecular weight excluding hydrogens is 586 g/mol. The summed E-state index contributed by atoms with van der Waals surface area (Å²) in [5, 5.41) is 9.36. The average Bonchev–Trinajstić information content (AvgIpc) is 3.39. The Morgan fingerprint density at radius 1 is 0.878 bits per heavy atom. The summed E-state index contributed by atoms with van der Waals surface area (Å²) in [6.07, 6.45) is -10.9. The van der Waals surface area contributed by atoms with Gasteiger partial charge in [-0.15, -0.1) is 0 Å². The summed E-state index contributed by atoms with van der Waals surface area (Å²) in [5.41, 5.74) is -7.72. The normalized spacial score (nSPS) is 24.5. The molecule has 1 saturated carbocycles. The van der Waals surface area contributed by atoms with Crippen LogP contribution in [0.4, 0.5) is 35.1 Å². The molecule has 41 heavy (non-hydrogen) atoms. The van der Waals surface area contributed by atoms with Crippen LogP contribution in [0.15, 0.2) is 53.4 Å². The molecule has 1 saturated heterocycles. The molecule has 14 heteroatoms. The molecule has 226 valence electrons. The second-order valence-electron chi connectivity index (χ2n) is 10.6. The van der Waals surface area contributed by atoms with Gasteiger partial charge in [0.05, 0.1) is 4.90 Å². The van der Waals surface area contributed by atoms with Crippen molar-refractivity contribution in [3.05, 3.63) is 65.5 Å². The van der Waals surface area contributed by atoms with Crippen LogP contribution >= 0.6 is 0 Å². The Balaban J connectivity index is 1.76. The number of aliphatic hydroxyl groups is 1. The number of alkyl halides is 7. The number of halogens is 8. The molecule has 4 rings (SSSR count). The lowest BCUT2D eigenvalue weighted by Crippen LogP contribution is -2.50. The molecule has 1 atom stereocenters. The van der Waals surface area contributed by atoms with Crippen LogP contribution in [0.2, 0.25) is 0 Å². The van der Waals surface area contributed by atoms with Gasteiger partial charge in [0, 0.05) is 31.2 Å². The first-order valence-corrected chi connectivity index (χ1v) is 14.3. The zero-order valence-electron chi connectivity index (χ0n) is 21.5. The number of carbonyl (C=O) groups is 1. The molecule has 2 aromatic carbocycles. The van der Waals surface area contributed by atoms with E-state index in [2.05, 4.69) is 0 Å². The third-order valence-corrected chi connectivity index (χ3v) is 10.7. The Morgan fingerprint density at radius 3 is 1.90 bits per heavy atom. The second kappa shape index (κ2) is 10.8. The fraction of sp³-hybridized carbons (Fsp3) is 0.519. The van der Waals surface area contributed by atoms with Gasteiger partial charge >= 0.3 is 18.0 Å². The van der Waals surface area contributed by atoms with Gasteiger partial charge in [0.2, 0.25) is 5.91 Å². The van der Waals surface area contributed by atoms with Gasteiger partial charge in [-0.3, -0.25) is 4.79 Å². The number of amides is 1. The van der Waals surface area contributed by atoms with E-state index in [4.69, 9.17) is 0 Å². The van der Waals surface area contributed by atoms with Gasteiger partial charge < -0.3 is 10.0 Å². The predicted octanol–water partition coefficient (Wildman–Crippen LogP) is 5.82. The molecule has 1 heterocycles. The van der Waals surface area contributed by atoms with Gasteiger partial charge in [-0.1, -0.05) is 24.3 Å². The van der Waals surface area contributed by atoms with Crippen molar-refractivity contribution < 1.29 is 53.4 Å². The van der Waals surface area contributed by atoms with Gasteiger partial charge in [0.1, 0.15) is 10.6 Å². The van der Waals surface area contributed by atoms with E-state index >= 15 is 0 Å². The third kappa shape index (κ3) is 5.33. The summed E-state index contributed by atoms with van der Waals surface area (Å²) >= 11 is 0. The lowest BCUT2D eigenvalue weighted by molar-refractivity contribution is -0.348. The van der Waals surface area contributed by atoms with Crippen LogP contribution in [-0.2, 0) is 25.0 Å². The molecule has 1 amide bonds. The highest BCUT2D eigenvalue weighted by atomic mass is 32.2. The highest BCUT2D eigenvalue weighted by Gasteiger charge is 2.73. The molecule has 0 unspecified atom stereocenters. The standard InChI is InChI=1S/C27H27F8NO4S/c28-21-9-11-22(12-10-21)41(39,40)24(13-14-36(16-24)23(38)18-3-1-17(15-37)2-4-18)19-5-7-20(8-6-19)25(29,26(30,31)32)27(33,34)35/h5-12,17-18,37H,1-4,13-16H2/t17-,18-,24-/m0/s1. The molecule has 0 radical (unpaired) electrons. The Labute approximate surface area is 231 Å². The average molecular weight is 614 g/mol. The van der Waals surface area contributed by atoms with Crippen LogP contribution in [0.3, 0.4) is 0 Å². The first-order valence-electron chi connectivity index (χ1n) is 12.8. The van der Waals surface area contributed by atoms with Crippen LogP contribution in [-0.4, -0.2) is 56.4 Å². The van der Waals surface area contributed by atoms with Crippen LogP contribution in [0.25, 0.3) is 0 Å². The number of aliphatic hydroxyl groups excluding tert-OH is 1. The number of nitrogens with zero attached hydrogens (tertiary/aromatic N) is 1. The van der Waals surface area contributed by atoms with Crippen molar-refractivity contribution in [2.75, 3.05) is 19.7 Å². The van der Waals surface area contributed by atoms with Gasteiger partial charge in [-0.05, 0) is 67.9 Å². The number of likely N-dealkylation sites (tertiary alicyclic amines) is 1. The van der Waals surface area contributed by atoms with Crippen molar-refractivity contribution >= 4 is 15.7 Å². The Morgan fingerprint density at radius 2 is 1.41 bits per heavy atom. The summed E-state index contributed by atoms with van der Waals surface area (Å²) in [4.78, 5) is 14.3. The number of rotatable bonds is 6. The molecule has 0 bridgehead atoms. The number of hydrogen-bond donors (Lipinski definition) is 1. The summed E-state index contributed by atoms with van der Waals surface area (Å²) in [6, 6.07) is 5.60. The molecule has 2 aromatic rings. The van der Waals surface area contributed by atoms with Crippen LogP contribution in [0, 0.1) is 17.7 Å². The summed E-state index contributed by atoms with van der Waals surface area (Å²) < 4.78 is 134. The molecule has 2 fully saturated rings. The summed E-state index contributed by atoms with van der Waals surface area (Å²) in [5.74, 6) is -1.51. The maximum Gasteiger partial charge on any atom is 0.435 e. The predicted molar refractivity (Wildman–Crippen MR) is 130 cm³/mol. The van der Waals surface area contributed by atoms with E-state index in [1.807, 2.05) is 0 Å². The number of hydrogen-bond acceptors (Lipinski definition) is 4. The minimum Gasteiger partial charge on any atom is -0.396 e. The number of benzene rings is 2. The van der Waals surface area contributed by atoms with E-state index in [1.54, 1.807) is 0 Å². The van der Waals surface area contributed by atoms with Crippen molar-refractivity contribution in [2.45, 2.75) is 59.8 Å². The number of carbonyl (C=O) groups excluding carboxylic acids is 1. The SMILES string of the molecule is O=C([C@H]1CC[C@H](CO)CC1)N1CC[C@](c2ccc(C(F)(C(F)(F)F)C(F)(F)F)cc2)(S(=O)(=O)c2ccc(F)cc2)C1. The van der Waals surface area contributed by atoms with Crippen molar-refractivity contribution in [2.24, 2.45) is 11.8 Å². The fourth-order valence-corrected chi connectivity index (χ4v) is 7.84. The molecular formula is C27H27F8NO4S. The molecule has 5 nitrogen and oxygen atoms in total. The Kier molecular flexibility index (Phi) is 8.24. The first kappa shape index (κ1) is 31.2. The van der Waals surface area contributed by atoms with E-state index in [-0.39, 0.29) is 54.0 Å². The van der Waals surface area contributed by atoms with E-state index in [9.17, 15) is 53.4 Å². The van der Waals surface area contributed by atoms with Crippen molar-refractivity contribution in [1.82, 2.24) is 4.90 Å². The van der Waals surface area contributed by atoms with Crippen molar-refractivity contribution in [1.29, 1.82) is 0 Å². The highest BCUT2D eigenvalue weighted by molar-refractivity contribution is 7.92. The van der Waals surface area contributed by atoms with E-state index < -0.39 is 56.4 Å². The lowest BCUT2D eigenvalue weighted by Gasteiger charge is -2.33. The van der Waals surface area contributed by atoms with Gasteiger partial charge in [-0.2, -0.15) is 26.3 Å². The Bertz CT molecular complexity index is 1340. The second-order valence-corrected chi connectivity index (χ2v) is 12.9. The lowest BCUT2D eigenvalue weighted by atomic mass is 9.82. The molecule has 2 aliphatic rings. The zero-order valence-corrected chi connectivity index (χ0v) is 22.3. The molecule has 1 aliphatic carbocycles. The molecule has 0 aromatic heterocycles. The maximum absolute atomic E-state index is 14.6. The minimum absolute atomic E-state index is 0.0253. The first-order chi connectivity index (χ1) is 19.0. The zero-order chi connectivity index (χ0) is 30.4. The van der Waals surface area contributed by atoms with Gasteiger partial charge in [-0.25, -0.2) is 17.2 Å². The highest BCUT2D eigenvalue weighted by Crippen LogP contribution is 2.54. The molecule has 1 aliphatic heterocycles. The van der Waals surface area contributed by atoms with Crippen molar-refractivity contribution in [3.8, 4) is 0 Å². The molecule has 1 N–H and O–H groups in total. The largest absolute Gasteiger partial charge is 0.435 e. The smallest absolute Gasteiger partial charge is 0.396 e. The number of sulfone groups is 1. The summed E-state index contributed by atoms with van der Waals surface area (Å²) in [6.45, 7) is -0.578. The quantitative estimate of drug-likeness (QED) is 0.330. The maximum atomic E-state index is 14.6. The third-order valence-electron chi connectivity index (χ3n) is 8.23. The monoisotopic (exact) mass is 613 g/mol. The van der Waals surface area contributed by atoms with Crippen molar-refractivity contribution in [3.63, 3.8) is 0 Å². The van der Waals surface area contributed by atoms with Gasteiger partial charge in [0.25, 0.3) is 0 Å². The summed E-state index contributed by atoms with van der Waals surface area (Å²) in [7, 11) is -4.52. The van der Waals surface area contributed by atoms with E-state index in [1.165, 1.54) is 4.90 Å². The van der Waals surface area contributed by atoms with E-state index in [0.29, 0.717) is 37.8 Å².